The van der Waals surface area contributed by atoms with Crippen LogP contribution in [0.15, 0.2) is 18.2 Å². The minimum atomic E-state index is -0.138. The van der Waals surface area contributed by atoms with E-state index in [1.807, 2.05) is 19.9 Å². The highest BCUT2D eigenvalue weighted by molar-refractivity contribution is 5.95. The monoisotopic (exact) mass is 236 g/mol. The molecule has 0 aliphatic rings. The number of benzene rings is 1. The number of amides is 1. The quantitative estimate of drug-likeness (QED) is 0.678. The van der Waals surface area contributed by atoms with Crippen LogP contribution in [0.5, 0.6) is 0 Å². The Morgan fingerprint density at radius 2 is 2.18 bits per heavy atom. The number of anilines is 1. The Labute approximate surface area is 102 Å². The molecule has 1 aromatic rings. The van der Waals surface area contributed by atoms with Crippen LogP contribution >= 0.6 is 0 Å². The SMILES string of the molecule is CCC(CCO)NC(=O)c1cc(C)cc(N)c1. The van der Waals surface area contributed by atoms with E-state index in [0.29, 0.717) is 17.7 Å². The summed E-state index contributed by atoms with van der Waals surface area (Å²) in [6.07, 6.45) is 1.37. The molecule has 4 N–H and O–H groups in total. The zero-order valence-corrected chi connectivity index (χ0v) is 10.4. The third kappa shape index (κ3) is 4.07. The molecule has 0 aliphatic carbocycles. The molecule has 0 heterocycles. The van der Waals surface area contributed by atoms with Crippen LogP contribution in [0.1, 0.15) is 35.7 Å². The number of nitrogens with one attached hydrogen (secondary N) is 1. The molecule has 0 aliphatic heterocycles. The van der Waals surface area contributed by atoms with Gasteiger partial charge in [-0.05, 0) is 43.5 Å². The first-order chi connectivity index (χ1) is 8.06. The number of hydrogen-bond acceptors (Lipinski definition) is 3. The maximum absolute atomic E-state index is 11.9. The van der Waals surface area contributed by atoms with E-state index in [1.54, 1.807) is 12.1 Å². The molecule has 1 atom stereocenters. The van der Waals surface area contributed by atoms with Crippen molar-refractivity contribution >= 4 is 11.6 Å². The first kappa shape index (κ1) is 13.5. The van der Waals surface area contributed by atoms with Crippen LogP contribution in [0.3, 0.4) is 0 Å². The summed E-state index contributed by atoms with van der Waals surface area (Å²) < 4.78 is 0. The first-order valence-electron chi connectivity index (χ1n) is 5.85. The molecule has 1 rings (SSSR count). The zero-order chi connectivity index (χ0) is 12.8. The van der Waals surface area contributed by atoms with Crippen molar-refractivity contribution in [1.82, 2.24) is 5.32 Å². The Hall–Kier alpha value is -1.55. The number of carbonyl (C=O) groups is 1. The van der Waals surface area contributed by atoms with Gasteiger partial charge >= 0.3 is 0 Å². The lowest BCUT2D eigenvalue weighted by molar-refractivity contribution is 0.0929. The second-order valence-corrected chi connectivity index (χ2v) is 4.22. The second kappa shape index (κ2) is 6.25. The molecule has 1 amide bonds. The number of nitrogen functional groups attached to an aromatic ring is 1. The van der Waals surface area contributed by atoms with Crippen LogP contribution in [0.2, 0.25) is 0 Å². The fourth-order valence-corrected chi connectivity index (χ4v) is 1.75. The van der Waals surface area contributed by atoms with Crippen molar-refractivity contribution in [3.05, 3.63) is 29.3 Å². The topological polar surface area (TPSA) is 75.3 Å². The lowest BCUT2D eigenvalue weighted by atomic mass is 10.1. The predicted molar refractivity (Wildman–Crippen MR) is 68.8 cm³/mol. The van der Waals surface area contributed by atoms with Gasteiger partial charge in [0.2, 0.25) is 0 Å². The number of nitrogens with two attached hydrogens (primary N) is 1. The van der Waals surface area contributed by atoms with E-state index < -0.39 is 0 Å². The molecule has 0 saturated carbocycles. The predicted octanol–water partition coefficient (Wildman–Crippen LogP) is 1.47. The molecular formula is C13H20N2O2. The molecule has 0 radical (unpaired) electrons. The lowest BCUT2D eigenvalue weighted by Crippen LogP contribution is -2.35. The average Bonchev–Trinajstić information content (AvgIpc) is 2.27. The summed E-state index contributed by atoms with van der Waals surface area (Å²) in [6, 6.07) is 5.29. The van der Waals surface area contributed by atoms with Crippen molar-refractivity contribution in [3.8, 4) is 0 Å². The fourth-order valence-electron chi connectivity index (χ4n) is 1.75. The van der Waals surface area contributed by atoms with Gasteiger partial charge < -0.3 is 16.2 Å². The summed E-state index contributed by atoms with van der Waals surface area (Å²) in [5.41, 5.74) is 7.82. The third-order valence-electron chi connectivity index (χ3n) is 2.67. The van der Waals surface area contributed by atoms with Gasteiger partial charge in [-0.1, -0.05) is 6.92 Å². The maximum Gasteiger partial charge on any atom is 0.251 e. The Balaban J connectivity index is 2.75. The van der Waals surface area contributed by atoms with Gasteiger partial charge in [0.05, 0.1) is 0 Å². The molecule has 0 spiro atoms. The first-order valence-corrected chi connectivity index (χ1v) is 5.85. The highest BCUT2D eigenvalue weighted by Gasteiger charge is 2.12. The summed E-state index contributed by atoms with van der Waals surface area (Å²) in [5.74, 6) is -0.138. The highest BCUT2D eigenvalue weighted by atomic mass is 16.3. The second-order valence-electron chi connectivity index (χ2n) is 4.22. The van der Waals surface area contributed by atoms with Gasteiger partial charge in [0.1, 0.15) is 0 Å². The summed E-state index contributed by atoms with van der Waals surface area (Å²) in [4.78, 5) is 11.9. The summed E-state index contributed by atoms with van der Waals surface area (Å²) in [7, 11) is 0. The summed E-state index contributed by atoms with van der Waals surface area (Å²) in [6.45, 7) is 3.96. The molecule has 0 bridgehead atoms. The fraction of sp³-hybridized carbons (Fsp3) is 0.462. The summed E-state index contributed by atoms with van der Waals surface area (Å²) in [5, 5.41) is 11.8. The minimum absolute atomic E-state index is 0.00855. The number of rotatable bonds is 5. The molecule has 0 saturated heterocycles. The van der Waals surface area contributed by atoms with Crippen molar-refractivity contribution in [3.63, 3.8) is 0 Å². The molecule has 0 aromatic heterocycles. The molecule has 4 heteroatoms. The van der Waals surface area contributed by atoms with E-state index in [2.05, 4.69) is 5.32 Å². The Morgan fingerprint density at radius 3 is 2.71 bits per heavy atom. The van der Waals surface area contributed by atoms with Gasteiger partial charge in [0, 0.05) is 23.9 Å². The van der Waals surface area contributed by atoms with E-state index in [9.17, 15) is 4.79 Å². The normalized spacial score (nSPS) is 12.2. The molecule has 17 heavy (non-hydrogen) atoms. The van der Waals surface area contributed by atoms with E-state index in [0.717, 1.165) is 12.0 Å². The molecule has 94 valence electrons. The van der Waals surface area contributed by atoms with Gasteiger partial charge in [-0.3, -0.25) is 4.79 Å². The van der Waals surface area contributed by atoms with Gasteiger partial charge in [-0.15, -0.1) is 0 Å². The largest absolute Gasteiger partial charge is 0.399 e. The van der Waals surface area contributed by atoms with E-state index in [-0.39, 0.29) is 18.6 Å². The molecule has 0 fully saturated rings. The minimum Gasteiger partial charge on any atom is -0.399 e. The lowest BCUT2D eigenvalue weighted by Gasteiger charge is -2.16. The number of aryl methyl sites for hydroxylation is 1. The van der Waals surface area contributed by atoms with Crippen LogP contribution < -0.4 is 11.1 Å². The Kier molecular flexibility index (Phi) is 4.97. The molecule has 1 aromatic carbocycles. The Morgan fingerprint density at radius 1 is 1.47 bits per heavy atom. The number of carbonyl (C=O) groups excluding carboxylic acids is 1. The van der Waals surface area contributed by atoms with E-state index in [1.165, 1.54) is 0 Å². The van der Waals surface area contributed by atoms with Gasteiger partial charge in [-0.25, -0.2) is 0 Å². The smallest absolute Gasteiger partial charge is 0.251 e. The Bertz CT molecular complexity index is 371. The van der Waals surface area contributed by atoms with Crippen molar-refractivity contribution in [1.29, 1.82) is 0 Å². The van der Waals surface area contributed by atoms with Crippen molar-refractivity contribution < 1.29 is 9.90 Å². The third-order valence-corrected chi connectivity index (χ3v) is 2.67. The number of hydrogen-bond donors (Lipinski definition) is 3. The highest BCUT2D eigenvalue weighted by Crippen LogP contribution is 2.11. The van der Waals surface area contributed by atoms with Crippen LogP contribution in [-0.2, 0) is 0 Å². The van der Waals surface area contributed by atoms with Crippen LogP contribution in [0.4, 0.5) is 5.69 Å². The van der Waals surface area contributed by atoms with E-state index in [4.69, 9.17) is 10.8 Å². The van der Waals surface area contributed by atoms with Gasteiger partial charge in [-0.2, -0.15) is 0 Å². The maximum atomic E-state index is 11.9. The van der Waals surface area contributed by atoms with Crippen molar-refractivity contribution in [2.45, 2.75) is 32.7 Å². The molecule has 4 nitrogen and oxygen atoms in total. The van der Waals surface area contributed by atoms with Crippen molar-refractivity contribution in [2.24, 2.45) is 0 Å². The average molecular weight is 236 g/mol. The van der Waals surface area contributed by atoms with E-state index >= 15 is 0 Å². The number of aliphatic hydroxyl groups excluding tert-OH is 1. The van der Waals surface area contributed by atoms with Crippen molar-refractivity contribution in [2.75, 3.05) is 12.3 Å². The molecular weight excluding hydrogens is 216 g/mol. The number of aliphatic hydroxyl groups is 1. The molecule has 1 unspecified atom stereocenters. The summed E-state index contributed by atoms with van der Waals surface area (Å²) >= 11 is 0. The zero-order valence-electron chi connectivity index (χ0n) is 10.4. The van der Waals surface area contributed by atoms with Crippen LogP contribution in [0.25, 0.3) is 0 Å². The standard InChI is InChI=1S/C13H20N2O2/c1-3-12(4-5-16)15-13(17)10-6-9(2)7-11(14)8-10/h6-8,12,16H,3-5,14H2,1-2H3,(H,15,17). The van der Waals surface area contributed by atoms with Gasteiger partial charge in [0.25, 0.3) is 5.91 Å². The van der Waals surface area contributed by atoms with Gasteiger partial charge in [0.15, 0.2) is 0 Å². The van der Waals surface area contributed by atoms with Crippen LogP contribution in [-0.4, -0.2) is 23.7 Å². The van der Waals surface area contributed by atoms with Crippen LogP contribution in [0, 0.1) is 6.92 Å².